The van der Waals surface area contributed by atoms with Crippen LogP contribution in [0.5, 0.6) is 17.2 Å². The third-order valence-electron chi connectivity index (χ3n) is 4.30. The normalized spacial score (nSPS) is 14.8. The number of rotatable bonds is 9. The summed E-state index contributed by atoms with van der Waals surface area (Å²) in [6.45, 7) is 5.81. The highest BCUT2D eigenvalue weighted by atomic mass is 32.1. The topological polar surface area (TPSA) is 77.8 Å². The molecule has 150 valence electrons. The van der Waals surface area contributed by atoms with Crippen molar-refractivity contribution < 1.29 is 23.8 Å². The van der Waals surface area contributed by atoms with Gasteiger partial charge in [-0.15, -0.1) is 0 Å². The molecule has 0 aromatic heterocycles. The third-order valence-corrected chi connectivity index (χ3v) is 4.53. The van der Waals surface area contributed by atoms with Gasteiger partial charge in [-0.05, 0) is 18.3 Å². The molecule has 9 heteroatoms. The lowest BCUT2D eigenvalue weighted by Crippen LogP contribution is -3.14. The minimum absolute atomic E-state index is 0.489. The molecule has 0 unspecified atom stereocenters. The molecule has 1 aliphatic heterocycles. The molecule has 1 aromatic carbocycles. The number of morpholine rings is 1. The Balaban J connectivity index is 1.77. The minimum Gasteiger partial charge on any atom is -0.496 e. The summed E-state index contributed by atoms with van der Waals surface area (Å²) >= 11 is 5.25. The smallest absolute Gasteiger partial charge is 0.186 e. The molecule has 0 bridgehead atoms. The lowest BCUT2D eigenvalue weighted by molar-refractivity contribution is -0.908. The van der Waals surface area contributed by atoms with E-state index in [-0.39, 0.29) is 0 Å². The van der Waals surface area contributed by atoms with Gasteiger partial charge in [0.15, 0.2) is 16.6 Å². The molecular weight excluding hydrogens is 368 g/mol. The predicted octanol–water partition coefficient (Wildman–Crippen LogP) is -0.184. The van der Waals surface area contributed by atoms with Crippen molar-refractivity contribution in [2.75, 3.05) is 60.7 Å². The Bertz CT molecular complexity index is 636. The predicted molar refractivity (Wildman–Crippen MR) is 108 cm³/mol. The molecule has 0 spiro atoms. The van der Waals surface area contributed by atoms with E-state index in [1.807, 2.05) is 0 Å². The van der Waals surface area contributed by atoms with E-state index in [0.717, 1.165) is 51.4 Å². The molecule has 0 radical (unpaired) electrons. The third kappa shape index (κ3) is 6.85. The molecule has 2 rings (SSSR count). The van der Waals surface area contributed by atoms with Crippen molar-refractivity contribution in [1.82, 2.24) is 10.7 Å². The Morgan fingerprint density at radius 1 is 1.15 bits per heavy atom. The number of methoxy groups -OCH3 is 3. The molecule has 1 heterocycles. The van der Waals surface area contributed by atoms with Crippen molar-refractivity contribution in [2.24, 2.45) is 5.10 Å². The summed E-state index contributed by atoms with van der Waals surface area (Å²) in [5.74, 6) is 1.83. The fourth-order valence-corrected chi connectivity index (χ4v) is 2.96. The monoisotopic (exact) mass is 397 g/mol. The lowest BCUT2D eigenvalue weighted by atomic mass is 10.2. The van der Waals surface area contributed by atoms with Crippen LogP contribution in [-0.2, 0) is 4.74 Å². The van der Waals surface area contributed by atoms with E-state index in [9.17, 15) is 0 Å². The minimum atomic E-state index is 0.489. The van der Waals surface area contributed by atoms with Crippen molar-refractivity contribution in [2.45, 2.75) is 6.42 Å². The van der Waals surface area contributed by atoms with Gasteiger partial charge < -0.3 is 29.2 Å². The van der Waals surface area contributed by atoms with E-state index in [1.54, 1.807) is 44.6 Å². The Kier molecular flexibility index (Phi) is 9.09. The van der Waals surface area contributed by atoms with Crippen molar-refractivity contribution in [3.63, 3.8) is 0 Å². The van der Waals surface area contributed by atoms with Gasteiger partial charge in [0.1, 0.15) is 18.8 Å². The van der Waals surface area contributed by atoms with Gasteiger partial charge in [-0.3, -0.25) is 5.43 Å². The number of benzene rings is 1. The van der Waals surface area contributed by atoms with Crippen LogP contribution in [0, 0.1) is 0 Å². The number of hydrogen-bond donors (Lipinski definition) is 3. The zero-order chi connectivity index (χ0) is 19.5. The fourth-order valence-electron chi connectivity index (χ4n) is 2.80. The summed E-state index contributed by atoms with van der Waals surface area (Å²) in [5.41, 5.74) is 3.57. The van der Waals surface area contributed by atoms with Crippen molar-refractivity contribution >= 4 is 23.5 Å². The van der Waals surface area contributed by atoms with E-state index in [2.05, 4.69) is 15.8 Å². The van der Waals surface area contributed by atoms with Gasteiger partial charge in [-0.25, -0.2) is 0 Å². The van der Waals surface area contributed by atoms with E-state index in [0.29, 0.717) is 22.4 Å². The van der Waals surface area contributed by atoms with Crippen LogP contribution in [0.1, 0.15) is 12.0 Å². The van der Waals surface area contributed by atoms with Crippen LogP contribution in [-0.4, -0.2) is 72.0 Å². The molecule has 1 aromatic rings. The maximum absolute atomic E-state index is 5.37. The van der Waals surface area contributed by atoms with E-state index >= 15 is 0 Å². The molecule has 0 saturated carbocycles. The van der Waals surface area contributed by atoms with Crippen LogP contribution in [0.15, 0.2) is 17.2 Å². The van der Waals surface area contributed by atoms with Gasteiger partial charge >= 0.3 is 0 Å². The summed E-state index contributed by atoms with van der Waals surface area (Å²) in [6.07, 6.45) is 2.68. The Labute approximate surface area is 165 Å². The number of ether oxygens (including phenoxy) is 4. The zero-order valence-corrected chi connectivity index (χ0v) is 17.0. The molecule has 1 fully saturated rings. The molecule has 3 N–H and O–H groups in total. The van der Waals surface area contributed by atoms with Crippen LogP contribution in [0.3, 0.4) is 0 Å². The highest BCUT2D eigenvalue weighted by Crippen LogP contribution is 2.33. The summed E-state index contributed by atoms with van der Waals surface area (Å²) in [5, 5.41) is 7.83. The van der Waals surface area contributed by atoms with Gasteiger partial charge in [-0.1, -0.05) is 0 Å². The summed E-state index contributed by atoms with van der Waals surface area (Å²) in [4.78, 5) is 1.58. The molecule has 1 aliphatic rings. The first-order chi connectivity index (χ1) is 13.2. The van der Waals surface area contributed by atoms with Crippen LogP contribution in [0.2, 0.25) is 0 Å². The largest absolute Gasteiger partial charge is 0.496 e. The van der Waals surface area contributed by atoms with Gasteiger partial charge in [0.25, 0.3) is 0 Å². The van der Waals surface area contributed by atoms with Crippen molar-refractivity contribution in [1.29, 1.82) is 0 Å². The molecule has 0 aliphatic carbocycles. The first-order valence-corrected chi connectivity index (χ1v) is 9.37. The standard InChI is InChI=1S/C18H28N4O4S/c1-23-15-12-17(25-3)16(24-2)11-14(15)13-20-21-18(27)19-5-4-6-22-7-9-26-10-8-22/h11-13H,4-10H2,1-3H3,(H2,19,21,27)/p+1/b20-13-. The first-order valence-electron chi connectivity index (χ1n) is 8.96. The van der Waals surface area contributed by atoms with E-state index in [4.69, 9.17) is 31.2 Å². The molecule has 0 atom stereocenters. The fraction of sp³-hybridized carbons (Fsp3) is 0.556. The van der Waals surface area contributed by atoms with Gasteiger partial charge in [0, 0.05) is 24.6 Å². The number of hydrogen-bond acceptors (Lipinski definition) is 6. The highest BCUT2D eigenvalue weighted by Gasteiger charge is 2.13. The number of thiocarbonyl (C=S) groups is 1. The van der Waals surface area contributed by atoms with Crippen LogP contribution in [0.25, 0.3) is 0 Å². The summed E-state index contributed by atoms with van der Waals surface area (Å²) in [7, 11) is 4.76. The summed E-state index contributed by atoms with van der Waals surface area (Å²) in [6, 6.07) is 3.55. The Morgan fingerprint density at radius 2 is 1.81 bits per heavy atom. The van der Waals surface area contributed by atoms with Gasteiger partial charge in [0.2, 0.25) is 0 Å². The zero-order valence-electron chi connectivity index (χ0n) is 16.2. The summed E-state index contributed by atoms with van der Waals surface area (Å²) < 4.78 is 21.3. The Hall–Kier alpha value is -2.10. The van der Waals surface area contributed by atoms with Crippen molar-refractivity contribution in [3.8, 4) is 17.2 Å². The number of nitrogens with zero attached hydrogens (tertiary/aromatic N) is 1. The molecule has 0 amide bonds. The average molecular weight is 398 g/mol. The van der Waals surface area contributed by atoms with E-state index < -0.39 is 0 Å². The number of quaternary nitrogens is 1. The lowest BCUT2D eigenvalue weighted by Gasteiger charge is -2.23. The molecule has 1 saturated heterocycles. The highest BCUT2D eigenvalue weighted by molar-refractivity contribution is 7.80. The van der Waals surface area contributed by atoms with Crippen LogP contribution >= 0.6 is 12.2 Å². The Morgan fingerprint density at radius 3 is 2.48 bits per heavy atom. The quantitative estimate of drug-likeness (QED) is 0.231. The average Bonchev–Trinajstić information content (AvgIpc) is 2.71. The van der Waals surface area contributed by atoms with Crippen LogP contribution in [0.4, 0.5) is 0 Å². The maximum atomic E-state index is 5.37. The molecule has 8 nitrogen and oxygen atoms in total. The SMILES string of the molecule is COc1cc(OC)c(OC)cc1/C=N\NC(=S)NCCC[NH+]1CCOCC1. The van der Waals surface area contributed by atoms with E-state index in [1.165, 1.54) is 0 Å². The second-order valence-electron chi connectivity index (χ2n) is 6.04. The second-order valence-corrected chi connectivity index (χ2v) is 6.45. The van der Waals surface area contributed by atoms with Crippen LogP contribution < -0.4 is 29.9 Å². The van der Waals surface area contributed by atoms with Gasteiger partial charge in [-0.2, -0.15) is 5.10 Å². The van der Waals surface area contributed by atoms with Gasteiger partial charge in [0.05, 0.1) is 47.3 Å². The second kappa shape index (κ2) is 11.6. The maximum Gasteiger partial charge on any atom is 0.186 e. The number of hydrazone groups is 1. The number of nitrogens with one attached hydrogen (secondary N) is 3. The molecular formula is C18H29N4O4S+. The first kappa shape index (κ1) is 21.2. The molecule has 27 heavy (non-hydrogen) atoms. The van der Waals surface area contributed by atoms with Crippen molar-refractivity contribution in [3.05, 3.63) is 17.7 Å².